The predicted molar refractivity (Wildman–Crippen MR) is 86.4 cm³/mol. The number of rotatable bonds is 4. The van der Waals surface area contributed by atoms with E-state index in [4.69, 9.17) is 5.73 Å². The Kier molecular flexibility index (Phi) is 4.75. The van der Waals surface area contributed by atoms with Gasteiger partial charge in [-0.05, 0) is 36.8 Å². The van der Waals surface area contributed by atoms with Crippen molar-refractivity contribution in [3.05, 3.63) is 64.4 Å². The molecule has 1 atom stereocenters. The normalized spacial score (nSPS) is 13.5. The van der Waals surface area contributed by atoms with E-state index in [1.54, 1.807) is 25.1 Å². The summed E-state index contributed by atoms with van der Waals surface area (Å²) in [5.74, 6) is -0.143. The quantitative estimate of drug-likeness (QED) is 0.924. The molecule has 4 nitrogen and oxygen atoms in total. The van der Waals surface area contributed by atoms with Crippen LogP contribution in [0.25, 0.3) is 0 Å². The van der Waals surface area contributed by atoms with Crippen molar-refractivity contribution in [2.45, 2.75) is 19.0 Å². The van der Waals surface area contributed by atoms with Crippen LogP contribution in [-0.4, -0.2) is 22.8 Å². The van der Waals surface area contributed by atoms with E-state index in [1.165, 1.54) is 0 Å². The van der Waals surface area contributed by atoms with E-state index in [0.717, 1.165) is 15.7 Å². The summed E-state index contributed by atoms with van der Waals surface area (Å²) in [5, 5.41) is 0. The summed E-state index contributed by atoms with van der Waals surface area (Å²) < 4.78 is 0.955. The van der Waals surface area contributed by atoms with Crippen LogP contribution < -0.4 is 5.73 Å². The number of nitrogens with zero attached hydrogens (tertiary/aromatic N) is 2. The van der Waals surface area contributed by atoms with E-state index in [0.29, 0.717) is 6.54 Å². The van der Waals surface area contributed by atoms with Crippen LogP contribution in [-0.2, 0) is 16.9 Å². The Balaban J connectivity index is 2.15. The van der Waals surface area contributed by atoms with Gasteiger partial charge in [-0.15, -0.1) is 0 Å². The molecule has 21 heavy (non-hydrogen) atoms. The number of halogens is 1. The SMILES string of the molecule is CN(Cc1ccccn1)C(=O)C(C)(N)c1ccc(Br)cc1. The second-order valence-corrected chi connectivity index (χ2v) is 6.11. The lowest BCUT2D eigenvalue weighted by molar-refractivity contribution is -0.136. The van der Waals surface area contributed by atoms with Gasteiger partial charge in [0.05, 0.1) is 12.2 Å². The molecule has 0 saturated carbocycles. The molecule has 1 heterocycles. The molecule has 0 aliphatic heterocycles. The zero-order valence-electron chi connectivity index (χ0n) is 12.1. The first kappa shape index (κ1) is 15.7. The van der Waals surface area contributed by atoms with E-state index in [2.05, 4.69) is 20.9 Å². The summed E-state index contributed by atoms with van der Waals surface area (Å²) in [6.45, 7) is 2.16. The number of carbonyl (C=O) groups excluding carboxylic acids is 1. The molecule has 0 fully saturated rings. The van der Waals surface area contributed by atoms with Crippen LogP contribution in [0, 0.1) is 0 Å². The Bertz CT molecular complexity index is 611. The molecule has 110 valence electrons. The van der Waals surface area contributed by atoms with Gasteiger partial charge in [0.25, 0.3) is 0 Å². The van der Waals surface area contributed by atoms with Crippen molar-refractivity contribution >= 4 is 21.8 Å². The van der Waals surface area contributed by atoms with Crippen molar-refractivity contribution in [2.24, 2.45) is 5.73 Å². The third-order valence-corrected chi connectivity index (χ3v) is 3.89. The van der Waals surface area contributed by atoms with Crippen molar-refractivity contribution in [1.82, 2.24) is 9.88 Å². The summed E-state index contributed by atoms with van der Waals surface area (Å²) in [5.41, 5.74) is 6.81. The van der Waals surface area contributed by atoms with E-state index in [9.17, 15) is 4.79 Å². The number of carbonyl (C=O) groups is 1. The van der Waals surface area contributed by atoms with Gasteiger partial charge in [-0.1, -0.05) is 34.1 Å². The predicted octanol–water partition coefficient (Wildman–Crippen LogP) is 2.68. The molecule has 0 radical (unpaired) electrons. The van der Waals surface area contributed by atoms with Crippen LogP contribution in [0.5, 0.6) is 0 Å². The van der Waals surface area contributed by atoms with Gasteiger partial charge in [0.15, 0.2) is 0 Å². The van der Waals surface area contributed by atoms with Crippen LogP contribution in [0.3, 0.4) is 0 Å². The molecule has 5 heteroatoms. The van der Waals surface area contributed by atoms with Gasteiger partial charge in [-0.2, -0.15) is 0 Å². The molecule has 0 aliphatic rings. The van der Waals surface area contributed by atoms with Crippen molar-refractivity contribution in [3.63, 3.8) is 0 Å². The van der Waals surface area contributed by atoms with E-state index >= 15 is 0 Å². The van der Waals surface area contributed by atoms with E-state index < -0.39 is 5.54 Å². The highest BCUT2D eigenvalue weighted by atomic mass is 79.9. The number of hydrogen-bond acceptors (Lipinski definition) is 3. The Labute approximate surface area is 133 Å². The first-order valence-corrected chi connectivity index (χ1v) is 7.41. The van der Waals surface area contributed by atoms with Crippen LogP contribution in [0.4, 0.5) is 0 Å². The molecule has 0 saturated heterocycles. The number of nitrogens with two attached hydrogens (primary N) is 1. The Morgan fingerprint density at radius 1 is 1.29 bits per heavy atom. The molecule has 0 aliphatic carbocycles. The van der Waals surface area contributed by atoms with E-state index in [-0.39, 0.29) is 5.91 Å². The lowest BCUT2D eigenvalue weighted by Crippen LogP contribution is -2.49. The molecule has 0 bridgehead atoms. The molecule has 1 amide bonds. The minimum Gasteiger partial charge on any atom is -0.338 e. The first-order chi connectivity index (χ1) is 9.91. The largest absolute Gasteiger partial charge is 0.338 e. The van der Waals surface area contributed by atoms with Crippen LogP contribution >= 0.6 is 15.9 Å². The van der Waals surface area contributed by atoms with E-state index in [1.807, 2.05) is 42.5 Å². The fraction of sp³-hybridized carbons (Fsp3) is 0.250. The molecule has 2 N–H and O–H groups in total. The van der Waals surface area contributed by atoms with Gasteiger partial charge >= 0.3 is 0 Å². The fourth-order valence-electron chi connectivity index (χ4n) is 2.12. The second-order valence-electron chi connectivity index (χ2n) is 5.19. The minimum absolute atomic E-state index is 0.143. The number of amides is 1. The highest BCUT2D eigenvalue weighted by Crippen LogP contribution is 2.22. The Hall–Kier alpha value is -1.72. The maximum atomic E-state index is 12.6. The maximum Gasteiger partial charge on any atom is 0.247 e. The number of pyridine rings is 1. The molecule has 1 aromatic heterocycles. The van der Waals surface area contributed by atoms with Crippen LogP contribution in [0.1, 0.15) is 18.2 Å². The molecular weight excluding hydrogens is 330 g/mol. The van der Waals surface area contributed by atoms with Crippen LogP contribution in [0.15, 0.2) is 53.1 Å². The van der Waals surface area contributed by atoms with Gasteiger partial charge in [-0.25, -0.2) is 0 Å². The third-order valence-electron chi connectivity index (χ3n) is 3.36. The van der Waals surface area contributed by atoms with Crippen molar-refractivity contribution in [2.75, 3.05) is 7.05 Å². The van der Waals surface area contributed by atoms with Crippen molar-refractivity contribution in [3.8, 4) is 0 Å². The van der Waals surface area contributed by atoms with Gasteiger partial charge < -0.3 is 10.6 Å². The first-order valence-electron chi connectivity index (χ1n) is 6.61. The van der Waals surface area contributed by atoms with Gasteiger partial charge in [-0.3, -0.25) is 9.78 Å². The third kappa shape index (κ3) is 3.68. The summed E-state index contributed by atoms with van der Waals surface area (Å²) in [7, 11) is 1.74. The van der Waals surface area contributed by atoms with Gasteiger partial charge in [0.1, 0.15) is 5.54 Å². The van der Waals surface area contributed by atoms with Crippen molar-refractivity contribution < 1.29 is 4.79 Å². The zero-order chi connectivity index (χ0) is 15.5. The molecule has 1 unspecified atom stereocenters. The average molecular weight is 348 g/mol. The number of hydrogen-bond donors (Lipinski definition) is 1. The highest BCUT2D eigenvalue weighted by Gasteiger charge is 2.33. The summed E-state index contributed by atoms with van der Waals surface area (Å²) in [4.78, 5) is 18.4. The Morgan fingerprint density at radius 2 is 1.95 bits per heavy atom. The minimum atomic E-state index is -1.07. The molecular formula is C16H18BrN3O. The smallest absolute Gasteiger partial charge is 0.247 e. The molecule has 2 rings (SSSR count). The summed E-state index contributed by atoms with van der Waals surface area (Å²) in [6.07, 6.45) is 1.71. The average Bonchev–Trinajstić information content (AvgIpc) is 2.48. The Morgan fingerprint density at radius 3 is 2.52 bits per heavy atom. The standard InChI is InChI=1S/C16H18BrN3O/c1-16(18,12-6-8-13(17)9-7-12)15(21)20(2)11-14-5-3-4-10-19-14/h3-10H,11,18H2,1-2H3. The van der Waals surface area contributed by atoms with Crippen LogP contribution in [0.2, 0.25) is 0 Å². The van der Waals surface area contributed by atoms with Gasteiger partial charge in [0.2, 0.25) is 5.91 Å². The summed E-state index contributed by atoms with van der Waals surface area (Å²) >= 11 is 3.38. The lowest BCUT2D eigenvalue weighted by Gasteiger charge is -2.29. The zero-order valence-corrected chi connectivity index (χ0v) is 13.7. The highest BCUT2D eigenvalue weighted by molar-refractivity contribution is 9.10. The molecule has 1 aromatic carbocycles. The molecule has 0 spiro atoms. The maximum absolute atomic E-state index is 12.6. The topological polar surface area (TPSA) is 59.2 Å². The monoisotopic (exact) mass is 347 g/mol. The van der Waals surface area contributed by atoms with Gasteiger partial charge in [0, 0.05) is 17.7 Å². The van der Waals surface area contributed by atoms with Crippen molar-refractivity contribution in [1.29, 1.82) is 0 Å². The molecule has 2 aromatic rings. The number of benzene rings is 1. The summed E-state index contributed by atoms with van der Waals surface area (Å²) in [6, 6.07) is 13.1. The second kappa shape index (κ2) is 6.37. The number of likely N-dealkylation sites (N-methyl/N-ethyl adjacent to an activating group) is 1. The lowest BCUT2D eigenvalue weighted by atomic mass is 9.91. The number of aromatic nitrogens is 1. The fourth-order valence-corrected chi connectivity index (χ4v) is 2.39.